The van der Waals surface area contributed by atoms with E-state index in [1.165, 1.54) is 0 Å². The van der Waals surface area contributed by atoms with Crippen molar-refractivity contribution in [1.29, 1.82) is 0 Å². The molecule has 0 aromatic carbocycles. The zero-order valence-corrected chi connectivity index (χ0v) is 7.20. The molecule has 0 fully saturated rings. The van der Waals surface area contributed by atoms with Gasteiger partial charge in [0, 0.05) is 6.42 Å². The van der Waals surface area contributed by atoms with Gasteiger partial charge in [-0.1, -0.05) is 17.7 Å². The van der Waals surface area contributed by atoms with Crippen LogP contribution in [0.5, 0.6) is 0 Å². The van der Waals surface area contributed by atoms with Gasteiger partial charge in [-0.25, -0.2) is 4.79 Å². The standard InChI is InChI=1S/C9H12O3/c1-7-3-5-9(2,6-4-7)12-8(10)11/h3-5H,6H2,1-2H3,(H,10,11). The molecule has 1 atom stereocenters. The summed E-state index contributed by atoms with van der Waals surface area (Å²) in [6.07, 6.45) is 4.99. The Morgan fingerprint density at radius 2 is 2.42 bits per heavy atom. The van der Waals surface area contributed by atoms with Crippen LogP contribution in [0.2, 0.25) is 0 Å². The summed E-state index contributed by atoms with van der Waals surface area (Å²) in [4.78, 5) is 10.3. The van der Waals surface area contributed by atoms with E-state index in [1.54, 1.807) is 13.0 Å². The summed E-state index contributed by atoms with van der Waals surface area (Å²) >= 11 is 0. The normalized spacial score (nSPS) is 28.0. The van der Waals surface area contributed by atoms with Crippen molar-refractivity contribution < 1.29 is 14.6 Å². The fourth-order valence-corrected chi connectivity index (χ4v) is 1.08. The van der Waals surface area contributed by atoms with Gasteiger partial charge in [0.05, 0.1) is 0 Å². The van der Waals surface area contributed by atoms with E-state index in [1.807, 2.05) is 19.1 Å². The minimum Gasteiger partial charge on any atom is -0.450 e. The molecule has 0 amide bonds. The monoisotopic (exact) mass is 168 g/mol. The van der Waals surface area contributed by atoms with E-state index in [4.69, 9.17) is 9.84 Å². The predicted molar refractivity (Wildman–Crippen MR) is 45.0 cm³/mol. The first-order chi connectivity index (χ1) is 5.52. The average molecular weight is 168 g/mol. The molecule has 12 heavy (non-hydrogen) atoms. The molecule has 0 spiro atoms. The molecule has 0 heterocycles. The van der Waals surface area contributed by atoms with Crippen molar-refractivity contribution in [3.63, 3.8) is 0 Å². The van der Waals surface area contributed by atoms with Crippen molar-refractivity contribution in [2.75, 3.05) is 0 Å². The van der Waals surface area contributed by atoms with Crippen molar-refractivity contribution >= 4 is 6.16 Å². The first-order valence-electron chi connectivity index (χ1n) is 3.80. The zero-order valence-electron chi connectivity index (χ0n) is 7.20. The van der Waals surface area contributed by atoms with Crippen molar-refractivity contribution in [3.05, 3.63) is 23.8 Å². The molecule has 1 rings (SSSR count). The van der Waals surface area contributed by atoms with Crippen LogP contribution in [0.3, 0.4) is 0 Å². The predicted octanol–water partition coefficient (Wildman–Crippen LogP) is 2.35. The summed E-state index contributed by atoms with van der Waals surface area (Å²) in [5.74, 6) is 0. The first kappa shape index (κ1) is 8.84. The maximum atomic E-state index is 10.3. The van der Waals surface area contributed by atoms with Crippen LogP contribution in [-0.4, -0.2) is 16.9 Å². The van der Waals surface area contributed by atoms with Gasteiger partial charge in [0.2, 0.25) is 0 Å². The molecule has 0 aliphatic heterocycles. The fourth-order valence-electron chi connectivity index (χ4n) is 1.08. The lowest BCUT2D eigenvalue weighted by Crippen LogP contribution is -2.29. The Bertz CT molecular complexity index is 252. The van der Waals surface area contributed by atoms with Gasteiger partial charge >= 0.3 is 6.16 Å². The lowest BCUT2D eigenvalue weighted by molar-refractivity contribution is 0.0216. The number of allylic oxidation sites excluding steroid dienone is 2. The van der Waals surface area contributed by atoms with Crippen LogP contribution < -0.4 is 0 Å². The number of carbonyl (C=O) groups is 1. The third-order valence-electron chi connectivity index (χ3n) is 1.85. The van der Waals surface area contributed by atoms with Crippen LogP contribution in [0.1, 0.15) is 20.3 Å². The van der Waals surface area contributed by atoms with Crippen LogP contribution in [0.4, 0.5) is 4.79 Å². The van der Waals surface area contributed by atoms with Crippen LogP contribution in [0.15, 0.2) is 23.8 Å². The zero-order chi connectivity index (χ0) is 9.19. The third kappa shape index (κ3) is 2.12. The quantitative estimate of drug-likeness (QED) is 0.611. The molecular weight excluding hydrogens is 156 g/mol. The van der Waals surface area contributed by atoms with Gasteiger partial charge in [0.15, 0.2) is 0 Å². The summed E-state index contributed by atoms with van der Waals surface area (Å²) < 4.78 is 4.71. The Morgan fingerprint density at radius 1 is 1.75 bits per heavy atom. The molecular formula is C9H12O3. The van der Waals surface area contributed by atoms with Gasteiger partial charge in [-0.3, -0.25) is 0 Å². The maximum Gasteiger partial charge on any atom is 0.506 e. The molecule has 0 aromatic rings. The second-order valence-corrected chi connectivity index (χ2v) is 3.17. The van der Waals surface area contributed by atoms with Crippen LogP contribution in [-0.2, 0) is 4.74 Å². The van der Waals surface area contributed by atoms with Crippen molar-refractivity contribution in [3.8, 4) is 0 Å². The molecule has 66 valence electrons. The Labute approximate surface area is 71.3 Å². The summed E-state index contributed by atoms with van der Waals surface area (Å²) in [6.45, 7) is 3.72. The summed E-state index contributed by atoms with van der Waals surface area (Å²) in [6, 6.07) is 0. The van der Waals surface area contributed by atoms with E-state index >= 15 is 0 Å². The van der Waals surface area contributed by atoms with Gasteiger partial charge in [0.25, 0.3) is 0 Å². The molecule has 1 unspecified atom stereocenters. The lowest BCUT2D eigenvalue weighted by atomic mass is 9.94. The van der Waals surface area contributed by atoms with Crippen molar-refractivity contribution in [1.82, 2.24) is 0 Å². The molecule has 0 saturated heterocycles. The molecule has 3 heteroatoms. The summed E-state index contributed by atoms with van der Waals surface area (Å²) in [5.41, 5.74) is 0.465. The number of carboxylic acid groups (broad SMARTS) is 1. The molecule has 0 radical (unpaired) electrons. The topological polar surface area (TPSA) is 46.5 Å². The Morgan fingerprint density at radius 3 is 2.83 bits per heavy atom. The molecule has 1 N–H and O–H groups in total. The van der Waals surface area contributed by atoms with Crippen LogP contribution in [0.25, 0.3) is 0 Å². The second-order valence-electron chi connectivity index (χ2n) is 3.17. The van der Waals surface area contributed by atoms with Crippen LogP contribution >= 0.6 is 0 Å². The highest BCUT2D eigenvalue weighted by Gasteiger charge is 2.25. The molecule has 0 aromatic heterocycles. The molecule has 1 aliphatic rings. The van der Waals surface area contributed by atoms with E-state index in [2.05, 4.69) is 0 Å². The highest BCUT2D eigenvalue weighted by molar-refractivity contribution is 5.58. The number of rotatable bonds is 1. The summed E-state index contributed by atoms with van der Waals surface area (Å²) in [5, 5.41) is 8.42. The van der Waals surface area contributed by atoms with Crippen molar-refractivity contribution in [2.45, 2.75) is 25.9 Å². The number of hydrogen-bond acceptors (Lipinski definition) is 2. The lowest BCUT2D eigenvalue weighted by Gasteiger charge is -2.25. The van der Waals surface area contributed by atoms with E-state index < -0.39 is 11.8 Å². The minimum atomic E-state index is -1.23. The Hall–Kier alpha value is -1.25. The fraction of sp³-hybridized carbons (Fsp3) is 0.444. The van der Waals surface area contributed by atoms with Gasteiger partial charge in [-0.15, -0.1) is 0 Å². The van der Waals surface area contributed by atoms with Gasteiger partial charge in [-0.05, 0) is 19.9 Å². The minimum absolute atomic E-state index is 0.613. The average Bonchev–Trinajstić information content (AvgIpc) is 1.94. The molecule has 0 saturated carbocycles. The second kappa shape index (κ2) is 3.01. The highest BCUT2D eigenvalue weighted by Crippen LogP contribution is 2.24. The van der Waals surface area contributed by atoms with E-state index in [0.29, 0.717) is 6.42 Å². The SMILES string of the molecule is CC1=CCC(C)(OC(=O)O)C=C1. The van der Waals surface area contributed by atoms with Gasteiger partial charge in [-0.2, -0.15) is 0 Å². The number of ether oxygens (including phenoxy) is 1. The molecule has 0 bridgehead atoms. The van der Waals surface area contributed by atoms with Crippen molar-refractivity contribution in [2.24, 2.45) is 0 Å². The number of hydrogen-bond donors (Lipinski definition) is 1. The molecule has 3 nitrogen and oxygen atoms in total. The first-order valence-corrected chi connectivity index (χ1v) is 3.80. The van der Waals surface area contributed by atoms with Crippen LogP contribution in [0, 0.1) is 0 Å². The molecule has 1 aliphatic carbocycles. The smallest absolute Gasteiger partial charge is 0.450 e. The maximum absolute atomic E-state index is 10.3. The highest BCUT2D eigenvalue weighted by atomic mass is 16.7. The summed E-state index contributed by atoms with van der Waals surface area (Å²) in [7, 11) is 0. The van der Waals surface area contributed by atoms with Gasteiger partial charge in [0.1, 0.15) is 5.60 Å². The third-order valence-corrected chi connectivity index (χ3v) is 1.85. The van der Waals surface area contributed by atoms with E-state index in [0.717, 1.165) is 5.57 Å². The van der Waals surface area contributed by atoms with E-state index in [9.17, 15) is 4.79 Å². The largest absolute Gasteiger partial charge is 0.506 e. The Kier molecular flexibility index (Phi) is 2.22. The Balaban J connectivity index is 2.65. The van der Waals surface area contributed by atoms with Gasteiger partial charge < -0.3 is 9.84 Å². The van der Waals surface area contributed by atoms with E-state index in [-0.39, 0.29) is 0 Å².